The van der Waals surface area contributed by atoms with Crippen molar-refractivity contribution in [2.75, 3.05) is 6.54 Å². The first kappa shape index (κ1) is 12.6. The van der Waals surface area contributed by atoms with Crippen LogP contribution in [0.5, 0.6) is 0 Å². The van der Waals surface area contributed by atoms with Crippen LogP contribution in [0.1, 0.15) is 38.4 Å². The Hall–Kier alpha value is -0.870. The van der Waals surface area contributed by atoms with Crippen LogP contribution in [0, 0.1) is 0 Å². The van der Waals surface area contributed by atoms with Crippen molar-refractivity contribution in [3.05, 3.63) is 18.2 Å². The van der Waals surface area contributed by atoms with E-state index < -0.39 is 0 Å². The van der Waals surface area contributed by atoms with Crippen LogP contribution in [-0.4, -0.2) is 38.2 Å². The van der Waals surface area contributed by atoms with Gasteiger partial charge >= 0.3 is 0 Å². The fraction of sp³-hybridized carbons (Fsp3) is 0.769. The number of aromatic nitrogens is 2. The summed E-state index contributed by atoms with van der Waals surface area (Å²) in [4.78, 5) is 6.85. The lowest BCUT2D eigenvalue weighted by molar-refractivity contribution is 0.0794. The van der Waals surface area contributed by atoms with Crippen LogP contribution in [0.4, 0.5) is 0 Å². The third kappa shape index (κ3) is 3.30. The average Bonchev–Trinajstić information content (AvgIpc) is 2.67. The Morgan fingerprint density at radius 2 is 2.35 bits per heavy atom. The van der Waals surface area contributed by atoms with E-state index in [4.69, 9.17) is 0 Å². The Balaban J connectivity index is 1.99. The smallest absolute Gasteiger partial charge is 0.122 e. The number of imidazole rings is 1. The molecule has 0 radical (unpaired) electrons. The number of aliphatic hydroxyl groups is 1. The zero-order chi connectivity index (χ0) is 12.3. The second-order valence-electron chi connectivity index (χ2n) is 5.16. The molecule has 4 heteroatoms. The van der Waals surface area contributed by atoms with Crippen molar-refractivity contribution in [2.45, 2.75) is 51.3 Å². The topological polar surface area (TPSA) is 41.3 Å². The molecule has 2 unspecified atom stereocenters. The fourth-order valence-electron chi connectivity index (χ4n) is 2.66. The van der Waals surface area contributed by atoms with E-state index in [1.165, 1.54) is 19.3 Å². The molecule has 1 fully saturated rings. The highest BCUT2D eigenvalue weighted by atomic mass is 16.3. The number of likely N-dealkylation sites (tertiary alicyclic amines) is 1. The molecule has 0 saturated carbocycles. The number of aliphatic hydroxyl groups excluding tert-OH is 1. The summed E-state index contributed by atoms with van der Waals surface area (Å²) in [5.41, 5.74) is 0. The minimum atomic E-state index is -0.207. The number of piperidine rings is 1. The summed E-state index contributed by atoms with van der Waals surface area (Å²) in [5.74, 6) is 1.11. The minimum Gasteiger partial charge on any atom is -0.393 e. The van der Waals surface area contributed by atoms with Crippen molar-refractivity contribution in [3.63, 3.8) is 0 Å². The van der Waals surface area contributed by atoms with Crippen molar-refractivity contribution in [1.29, 1.82) is 0 Å². The molecule has 1 aromatic rings. The second-order valence-corrected chi connectivity index (χ2v) is 5.16. The van der Waals surface area contributed by atoms with Crippen molar-refractivity contribution in [1.82, 2.24) is 14.5 Å². The summed E-state index contributed by atoms with van der Waals surface area (Å²) in [6, 6.07) is 0.514. The van der Waals surface area contributed by atoms with Gasteiger partial charge in [-0.3, -0.25) is 4.90 Å². The van der Waals surface area contributed by atoms with E-state index in [1.54, 1.807) is 0 Å². The molecule has 17 heavy (non-hydrogen) atoms. The van der Waals surface area contributed by atoms with E-state index in [-0.39, 0.29) is 6.10 Å². The Kier molecular flexibility index (Phi) is 4.18. The first-order valence-electron chi connectivity index (χ1n) is 6.55. The molecule has 0 bridgehead atoms. The highest BCUT2D eigenvalue weighted by Crippen LogP contribution is 2.22. The van der Waals surface area contributed by atoms with Gasteiger partial charge in [-0.15, -0.1) is 0 Å². The van der Waals surface area contributed by atoms with E-state index >= 15 is 0 Å². The molecule has 96 valence electrons. The van der Waals surface area contributed by atoms with Gasteiger partial charge in [-0.1, -0.05) is 6.42 Å². The number of rotatable bonds is 4. The maximum absolute atomic E-state index is 9.56. The highest BCUT2D eigenvalue weighted by molar-refractivity contribution is 4.93. The summed E-state index contributed by atoms with van der Waals surface area (Å²) in [6.45, 7) is 3.92. The van der Waals surface area contributed by atoms with Crippen LogP contribution in [0.25, 0.3) is 0 Å². The lowest BCUT2D eigenvalue weighted by atomic mass is 9.97. The van der Waals surface area contributed by atoms with Crippen molar-refractivity contribution < 1.29 is 5.11 Å². The Morgan fingerprint density at radius 1 is 1.53 bits per heavy atom. The van der Waals surface area contributed by atoms with Gasteiger partial charge in [0.1, 0.15) is 5.82 Å². The summed E-state index contributed by atoms with van der Waals surface area (Å²) >= 11 is 0. The lowest BCUT2D eigenvalue weighted by Gasteiger charge is -2.36. The fourth-order valence-corrected chi connectivity index (χ4v) is 2.66. The molecule has 2 atom stereocenters. The molecule has 1 aliphatic rings. The number of aryl methyl sites for hydroxylation is 1. The lowest BCUT2D eigenvalue weighted by Crippen LogP contribution is -2.41. The van der Waals surface area contributed by atoms with Crippen LogP contribution >= 0.6 is 0 Å². The SMILES string of the molecule is CC(O)CC1CCCCN1Cc1nccn1C. The second kappa shape index (κ2) is 5.65. The van der Waals surface area contributed by atoms with Crippen LogP contribution < -0.4 is 0 Å². The standard InChI is InChI=1S/C13H23N3O/c1-11(17)9-12-5-3-4-7-16(12)10-13-14-6-8-15(13)2/h6,8,11-12,17H,3-5,7,9-10H2,1-2H3. The predicted octanol–water partition coefficient (Wildman–Crippen LogP) is 1.55. The molecule has 1 N–H and O–H groups in total. The molecule has 0 aromatic carbocycles. The molecule has 0 amide bonds. The molecular weight excluding hydrogens is 214 g/mol. The zero-order valence-electron chi connectivity index (χ0n) is 10.8. The van der Waals surface area contributed by atoms with E-state index in [1.807, 2.05) is 26.4 Å². The van der Waals surface area contributed by atoms with E-state index in [2.05, 4.69) is 14.5 Å². The van der Waals surface area contributed by atoms with Gasteiger partial charge in [0.15, 0.2) is 0 Å². The largest absolute Gasteiger partial charge is 0.393 e. The summed E-state index contributed by atoms with van der Waals surface area (Å²) in [6.07, 6.45) is 8.27. The van der Waals surface area contributed by atoms with Gasteiger partial charge in [-0.25, -0.2) is 4.98 Å². The monoisotopic (exact) mass is 237 g/mol. The van der Waals surface area contributed by atoms with Gasteiger partial charge in [-0.05, 0) is 32.7 Å². The minimum absolute atomic E-state index is 0.207. The van der Waals surface area contributed by atoms with Gasteiger partial charge in [-0.2, -0.15) is 0 Å². The number of nitrogens with zero attached hydrogens (tertiary/aromatic N) is 3. The van der Waals surface area contributed by atoms with Crippen LogP contribution in [-0.2, 0) is 13.6 Å². The molecule has 2 rings (SSSR count). The van der Waals surface area contributed by atoms with Gasteiger partial charge in [0, 0.05) is 25.5 Å². The Labute approximate surface area is 103 Å². The molecule has 4 nitrogen and oxygen atoms in total. The molecule has 0 spiro atoms. The zero-order valence-corrected chi connectivity index (χ0v) is 10.8. The maximum Gasteiger partial charge on any atom is 0.122 e. The van der Waals surface area contributed by atoms with Crippen molar-refractivity contribution in [2.24, 2.45) is 7.05 Å². The number of hydrogen-bond acceptors (Lipinski definition) is 3. The number of hydrogen-bond donors (Lipinski definition) is 1. The van der Waals surface area contributed by atoms with Crippen molar-refractivity contribution in [3.8, 4) is 0 Å². The van der Waals surface area contributed by atoms with E-state index in [0.29, 0.717) is 6.04 Å². The quantitative estimate of drug-likeness (QED) is 0.863. The van der Waals surface area contributed by atoms with Gasteiger partial charge in [0.2, 0.25) is 0 Å². The van der Waals surface area contributed by atoms with Crippen LogP contribution in [0.2, 0.25) is 0 Å². The molecule has 2 heterocycles. The Morgan fingerprint density at radius 3 is 3.00 bits per heavy atom. The molecule has 1 saturated heterocycles. The first-order chi connectivity index (χ1) is 8.16. The first-order valence-corrected chi connectivity index (χ1v) is 6.55. The van der Waals surface area contributed by atoms with Crippen LogP contribution in [0.15, 0.2) is 12.4 Å². The predicted molar refractivity (Wildman–Crippen MR) is 67.6 cm³/mol. The van der Waals surface area contributed by atoms with E-state index in [9.17, 15) is 5.11 Å². The highest BCUT2D eigenvalue weighted by Gasteiger charge is 2.24. The van der Waals surface area contributed by atoms with Crippen molar-refractivity contribution >= 4 is 0 Å². The molecule has 0 aliphatic carbocycles. The summed E-state index contributed by atoms with van der Waals surface area (Å²) < 4.78 is 2.08. The third-order valence-corrected chi connectivity index (χ3v) is 3.63. The summed E-state index contributed by atoms with van der Waals surface area (Å²) in [7, 11) is 2.04. The van der Waals surface area contributed by atoms with E-state index in [0.717, 1.165) is 25.3 Å². The van der Waals surface area contributed by atoms with Gasteiger partial charge in [0.25, 0.3) is 0 Å². The van der Waals surface area contributed by atoms with Gasteiger partial charge < -0.3 is 9.67 Å². The average molecular weight is 237 g/mol. The molecule has 1 aromatic heterocycles. The molecule has 1 aliphatic heterocycles. The normalized spacial score (nSPS) is 23.8. The van der Waals surface area contributed by atoms with Crippen LogP contribution in [0.3, 0.4) is 0 Å². The Bertz CT molecular complexity index is 348. The molecular formula is C13H23N3O. The maximum atomic E-state index is 9.56. The summed E-state index contributed by atoms with van der Waals surface area (Å²) in [5, 5.41) is 9.56. The van der Waals surface area contributed by atoms with Gasteiger partial charge in [0.05, 0.1) is 12.6 Å². The third-order valence-electron chi connectivity index (χ3n) is 3.63.